The molecule has 2 heterocycles. The van der Waals surface area contributed by atoms with Crippen LogP contribution < -0.4 is 4.90 Å². The topological polar surface area (TPSA) is 48.7 Å². The summed E-state index contributed by atoms with van der Waals surface area (Å²) in [7, 11) is 2.30. The lowest BCUT2D eigenvalue weighted by Crippen LogP contribution is -2.38. The number of fused-ring (bicyclic) bond motifs is 5. The molecule has 3 aliphatic rings. The van der Waals surface area contributed by atoms with Gasteiger partial charge in [-0.25, -0.2) is 4.79 Å². The highest BCUT2D eigenvalue weighted by molar-refractivity contribution is 5.99. The summed E-state index contributed by atoms with van der Waals surface area (Å²) in [5.74, 6) is -0.307. The molecule has 0 spiro atoms. The van der Waals surface area contributed by atoms with Gasteiger partial charge in [0.2, 0.25) is 0 Å². The molecule has 0 saturated heterocycles. The minimum Gasteiger partial charge on any atom is -0.478 e. The van der Waals surface area contributed by atoms with Gasteiger partial charge in [0, 0.05) is 54.4 Å². The Bertz CT molecular complexity index is 1250. The van der Waals surface area contributed by atoms with Crippen molar-refractivity contribution < 1.29 is 9.90 Å². The zero-order chi connectivity index (χ0) is 24.6. The van der Waals surface area contributed by atoms with E-state index in [4.69, 9.17) is 0 Å². The number of carbonyl (C=O) groups is 1. The summed E-state index contributed by atoms with van der Waals surface area (Å²) in [4.78, 5) is 17.0. The predicted molar refractivity (Wildman–Crippen MR) is 147 cm³/mol. The Hall–Kier alpha value is -2.79. The van der Waals surface area contributed by atoms with Crippen LogP contribution in [0.2, 0.25) is 0 Å². The molecule has 0 atom stereocenters. The van der Waals surface area contributed by atoms with E-state index < -0.39 is 5.97 Å². The van der Waals surface area contributed by atoms with Crippen LogP contribution in [-0.2, 0) is 6.54 Å². The number of likely N-dealkylation sites (N-methyl/N-ethyl adjacent to an activating group) is 1. The van der Waals surface area contributed by atoms with Crippen LogP contribution in [0.5, 0.6) is 0 Å². The molecular formula is C31H39N3O2. The third-order valence-corrected chi connectivity index (χ3v) is 9.13. The first-order chi connectivity index (χ1) is 17.6. The molecule has 2 saturated carbocycles. The number of nitrogens with zero attached hydrogens (tertiary/aromatic N) is 3. The second kappa shape index (κ2) is 9.93. The molecule has 36 heavy (non-hydrogen) atoms. The lowest BCUT2D eigenvalue weighted by Gasteiger charge is -2.30. The standard InChI is InChI=1S/C31H39N3O2/c1-32(24-11-5-6-12-24)17-18-33-19-20-34-28-21-23(31(35)36)15-16-25(28)29(22-9-3-2-4-10-22)30(34)26-13-7-8-14-27(26)33/h7-8,13-16,21-22,24H,2-6,9-12,17-20H2,1H3,(H,35,36). The normalized spacial score (nSPS) is 19.0. The number of carboxylic acid groups (broad SMARTS) is 1. The van der Waals surface area contributed by atoms with Crippen LogP contribution >= 0.6 is 0 Å². The highest BCUT2D eigenvalue weighted by atomic mass is 16.4. The van der Waals surface area contributed by atoms with E-state index in [9.17, 15) is 9.90 Å². The maximum atomic E-state index is 11.9. The minimum absolute atomic E-state index is 0.380. The van der Waals surface area contributed by atoms with Crippen molar-refractivity contribution in [2.45, 2.75) is 76.3 Å². The predicted octanol–water partition coefficient (Wildman–Crippen LogP) is 6.75. The number of rotatable bonds is 6. The van der Waals surface area contributed by atoms with Gasteiger partial charge in [-0.2, -0.15) is 0 Å². The average molecular weight is 486 g/mol. The number of hydrogen-bond acceptors (Lipinski definition) is 3. The van der Waals surface area contributed by atoms with E-state index in [1.165, 1.54) is 85.7 Å². The third kappa shape index (κ3) is 4.21. The van der Waals surface area contributed by atoms with E-state index >= 15 is 0 Å². The molecule has 3 aromatic rings. The van der Waals surface area contributed by atoms with Gasteiger partial charge in [0.15, 0.2) is 0 Å². The average Bonchev–Trinajstić information content (AvgIpc) is 3.52. The van der Waals surface area contributed by atoms with Crippen molar-refractivity contribution >= 4 is 22.6 Å². The maximum absolute atomic E-state index is 11.9. The number of benzene rings is 2. The zero-order valence-electron chi connectivity index (χ0n) is 21.6. The fourth-order valence-corrected chi connectivity index (χ4v) is 7.17. The van der Waals surface area contributed by atoms with Crippen LogP contribution in [0, 0.1) is 0 Å². The van der Waals surface area contributed by atoms with Crippen LogP contribution in [0.15, 0.2) is 42.5 Å². The second-order valence-corrected chi connectivity index (χ2v) is 11.2. The van der Waals surface area contributed by atoms with E-state index in [1.807, 2.05) is 6.07 Å². The lowest BCUT2D eigenvalue weighted by atomic mass is 9.81. The van der Waals surface area contributed by atoms with Gasteiger partial charge in [-0.15, -0.1) is 0 Å². The first-order valence-corrected chi connectivity index (χ1v) is 14.1. The van der Waals surface area contributed by atoms with Gasteiger partial charge in [0.05, 0.1) is 11.3 Å². The summed E-state index contributed by atoms with van der Waals surface area (Å²) in [6.07, 6.45) is 11.7. The number of hydrogen-bond donors (Lipinski definition) is 1. The van der Waals surface area contributed by atoms with Crippen molar-refractivity contribution in [2.75, 3.05) is 31.6 Å². The van der Waals surface area contributed by atoms with Crippen molar-refractivity contribution in [3.8, 4) is 11.3 Å². The quantitative estimate of drug-likeness (QED) is 0.420. The van der Waals surface area contributed by atoms with E-state index in [2.05, 4.69) is 51.7 Å². The molecule has 0 radical (unpaired) electrons. The highest BCUT2D eigenvalue weighted by Crippen LogP contribution is 2.47. The van der Waals surface area contributed by atoms with Crippen LogP contribution in [0.4, 0.5) is 5.69 Å². The molecule has 0 unspecified atom stereocenters. The van der Waals surface area contributed by atoms with Gasteiger partial charge in [0.1, 0.15) is 0 Å². The fraction of sp³-hybridized carbons (Fsp3) is 0.516. The van der Waals surface area contributed by atoms with Crippen molar-refractivity contribution in [3.63, 3.8) is 0 Å². The molecule has 190 valence electrons. The number of aromatic carboxylic acids is 1. The second-order valence-electron chi connectivity index (χ2n) is 11.2. The molecule has 2 fully saturated rings. The van der Waals surface area contributed by atoms with Crippen LogP contribution in [-0.4, -0.2) is 53.3 Å². The van der Waals surface area contributed by atoms with Gasteiger partial charge in [0.25, 0.3) is 0 Å². The Kier molecular flexibility index (Phi) is 6.51. The van der Waals surface area contributed by atoms with E-state index in [0.717, 1.165) is 37.7 Å². The Labute approximate surface area is 214 Å². The molecule has 1 aromatic heterocycles. The molecule has 6 rings (SSSR count). The largest absolute Gasteiger partial charge is 0.478 e. The van der Waals surface area contributed by atoms with Crippen LogP contribution in [0.3, 0.4) is 0 Å². The maximum Gasteiger partial charge on any atom is 0.335 e. The van der Waals surface area contributed by atoms with Crippen LogP contribution in [0.25, 0.3) is 22.2 Å². The van der Waals surface area contributed by atoms with E-state index in [-0.39, 0.29) is 0 Å². The number of para-hydroxylation sites is 1. The Balaban J connectivity index is 1.44. The molecule has 5 heteroatoms. The monoisotopic (exact) mass is 485 g/mol. The van der Waals surface area contributed by atoms with Gasteiger partial charge in [-0.3, -0.25) is 0 Å². The van der Waals surface area contributed by atoms with E-state index in [0.29, 0.717) is 11.5 Å². The molecule has 2 aliphatic carbocycles. The molecular weight excluding hydrogens is 446 g/mol. The zero-order valence-corrected chi connectivity index (χ0v) is 21.6. The summed E-state index contributed by atoms with van der Waals surface area (Å²) in [5, 5.41) is 11.0. The van der Waals surface area contributed by atoms with Gasteiger partial charge in [-0.05, 0) is 62.4 Å². The molecule has 0 bridgehead atoms. The Morgan fingerprint density at radius 1 is 0.972 bits per heavy atom. The first kappa shape index (κ1) is 23.6. The number of carboxylic acids is 1. The minimum atomic E-state index is -0.850. The third-order valence-electron chi connectivity index (χ3n) is 9.13. The summed E-state index contributed by atoms with van der Waals surface area (Å²) in [6, 6.07) is 15.5. The summed E-state index contributed by atoms with van der Waals surface area (Å²) < 4.78 is 2.45. The summed E-state index contributed by atoms with van der Waals surface area (Å²) in [6.45, 7) is 3.91. The van der Waals surface area contributed by atoms with Crippen molar-refractivity contribution in [2.24, 2.45) is 0 Å². The molecule has 2 aromatic carbocycles. The fourth-order valence-electron chi connectivity index (χ4n) is 7.17. The number of anilines is 1. The van der Waals surface area contributed by atoms with Crippen LogP contribution in [0.1, 0.15) is 79.6 Å². The summed E-state index contributed by atoms with van der Waals surface area (Å²) >= 11 is 0. The lowest BCUT2D eigenvalue weighted by molar-refractivity contribution is 0.0697. The van der Waals surface area contributed by atoms with Gasteiger partial charge < -0.3 is 19.5 Å². The molecule has 1 N–H and O–H groups in total. The van der Waals surface area contributed by atoms with Crippen molar-refractivity contribution in [1.29, 1.82) is 0 Å². The molecule has 5 nitrogen and oxygen atoms in total. The van der Waals surface area contributed by atoms with E-state index in [1.54, 1.807) is 6.07 Å². The smallest absolute Gasteiger partial charge is 0.335 e. The molecule has 1 aliphatic heterocycles. The van der Waals surface area contributed by atoms with Gasteiger partial charge in [-0.1, -0.05) is 56.4 Å². The number of aromatic nitrogens is 1. The summed E-state index contributed by atoms with van der Waals surface area (Å²) in [5.41, 5.74) is 6.90. The highest BCUT2D eigenvalue weighted by Gasteiger charge is 2.31. The van der Waals surface area contributed by atoms with Crippen molar-refractivity contribution in [1.82, 2.24) is 9.47 Å². The first-order valence-electron chi connectivity index (χ1n) is 14.1. The Morgan fingerprint density at radius 2 is 1.72 bits per heavy atom. The van der Waals surface area contributed by atoms with Crippen molar-refractivity contribution in [3.05, 3.63) is 53.6 Å². The van der Waals surface area contributed by atoms with Gasteiger partial charge >= 0.3 is 5.97 Å². The SMILES string of the molecule is CN(CCN1CCn2c(c(C3CCCCC3)c3ccc(C(=O)O)cc32)-c2ccccc21)C1CCCC1. The molecule has 0 amide bonds. The Morgan fingerprint density at radius 3 is 2.50 bits per heavy atom.